The van der Waals surface area contributed by atoms with Gasteiger partial charge in [0.2, 0.25) is 0 Å². The Labute approximate surface area is 134 Å². The van der Waals surface area contributed by atoms with Gasteiger partial charge < -0.3 is 0 Å². The monoisotopic (exact) mass is 344 g/mol. The van der Waals surface area contributed by atoms with Gasteiger partial charge in [-0.15, -0.1) is 0 Å². The van der Waals surface area contributed by atoms with Gasteiger partial charge in [-0.25, -0.2) is 0 Å². The van der Waals surface area contributed by atoms with Crippen molar-refractivity contribution < 1.29 is 13.0 Å². The summed E-state index contributed by atoms with van der Waals surface area (Å²) in [6, 6.07) is 11.9. The van der Waals surface area contributed by atoms with Gasteiger partial charge in [0.05, 0.1) is 5.02 Å². The van der Waals surface area contributed by atoms with Crippen LogP contribution in [0.2, 0.25) is 10.0 Å². The van der Waals surface area contributed by atoms with Gasteiger partial charge in [0.1, 0.15) is 4.90 Å². The maximum absolute atomic E-state index is 11.4. The van der Waals surface area contributed by atoms with Crippen LogP contribution >= 0.6 is 23.2 Å². The molecule has 0 spiro atoms. The lowest BCUT2D eigenvalue weighted by atomic mass is 9.78. The van der Waals surface area contributed by atoms with Crippen LogP contribution in [0.1, 0.15) is 25.0 Å². The molecule has 0 aliphatic carbocycles. The normalized spacial score (nSPS) is 12.4. The minimum absolute atomic E-state index is 0.00634. The Kier molecular flexibility index (Phi) is 4.36. The zero-order valence-electron chi connectivity index (χ0n) is 11.5. The van der Waals surface area contributed by atoms with Crippen molar-refractivity contribution in [1.82, 2.24) is 0 Å². The maximum atomic E-state index is 11.4. The Morgan fingerprint density at radius 2 is 1.48 bits per heavy atom. The van der Waals surface area contributed by atoms with E-state index in [-0.39, 0.29) is 9.92 Å². The SMILES string of the molecule is CC(C)(c1ccc(Cl)cc1)c1ccc(Cl)c(S(=O)(=O)O)c1. The third-order valence-electron chi connectivity index (χ3n) is 3.50. The van der Waals surface area contributed by atoms with E-state index in [9.17, 15) is 13.0 Å². The molecule has 0 fully saturated rings. The molecule has 3 nitrogen and oxygen atoms in total. The smallest absolute Gasteiger partial charge is 0.282 e. The Balaban J connectivity index is 2.57. The van der Waals surface area contributed by atoms with Gasteiger partial charge in [-0.1, -0.05) is 55.2 Å². The quantitative estimate of drug-likeness (QED) is 0.830. The topological polar surface area (TPSA) is 54.4 Å². The average Bonchev–Trinajstić information content (AvgIpc) is 2.38. The maximum Gasteiger partial charge on any atom is 0.296 e. The first-order valence-electron chi connectivity index (χ1n) is 6.16. The molecule has 21 heavy (non-hydrogen) atoms. The van der Waals surface area contributed by atoms with Crippen LogP contribution in [0.4, 0.5) is 0 Å². The fourth-order valence-electron chi connectivity index (χ4n) is 2.12. The van der Waals surface area contributed by atoms with Crippen LogP contribution in [0.5, 0.6) is 0 Å². The summed E-state index contributed by atoms with van der Waals surface area (Å²) >= 11 is 11.7. The molecule has 0 bridgehead atoms. The van der Waals surface area contributed by atoms with E-state index in [1.54, 1.807) is 18.2 Å². The van der Waals surface area contributed by atoms with Gasteiger partial charge in [0.15, 0.2) is 0 Å². The standard InChI is InChI=1S/C15H14Cl2O3S/c1-15(2,10-3-6-12(16)7-4-10)11-5-8-13(17)14(9-11)21(18,19)20/h3-9H,1-2H3,(H,18,19,20). The fraction of sp³-hybridized carbons (Fsp3) is 0.200. The number of benzene rings is 2. The molecule has 0 atom stereocenters. The highest BCUT2D eigenvalue weighted by molar-refractivity contribution is 7.86. The summed E-state index contributed by atoms with van der Waals surface area (Å²) in [6.07, 6.45) is 0. The molecular weight excluding hydrogens is 331 g/mol. The van der Waals surface area contributed by atoms with Crippen molar-refractivity contribution in [2.45, 2.75) is 24.2 Å². The van der Waals surface area contributed by atoms with E-state index in [2.05, 4.69) is 0 Å². The van der Waals surface area contributed by atoms with Crippen molar-refractivity contribution in [2.75, 3.05) is 0 Å². The Bertz CT molecular complexity index is 766. The molecule has 0 saturated carbocycles. The summed E-state index contributed by atoms with van der Waals surface area (Å²) in [6.45, 7) is 3.90. The van der Waals surface area contributed by atoms with Crippen LogP contribution in [0.3, 0.4) is 0 Å². The van der Waals surface area contributed by atoms with E-state index in [1.807, 2.05) is 26.0 Å². The molecular formula is C15H14Cl2O3S. The molecule has 0 amide bonds. The predicted octanol–water partition coefficient (Wildman–Crippen LogP) is 4.57. The molecule has 0 saturated heterocycles. The Morgan fingerprint density at radius 3 is 2.00 bits per heavy atom. The summed E-state index contributed by atoms with van der Waals surface area (Å²) in [7, 11) is -4.36. The van der Waals surface area contributed by atoms with Gasteiger partial charge in [-0.2, -0.15) is 8.42 Å². The van der Waals surface area contributed by atoms with Crippen molar-refractivity contribution in [2.24, 2.45) is 0 Å². The molecule has 2 rings (SSSR count). The van der Waals surface area contributed by atoms with Crippen LogP contribution in [-0.4, -0.2) is 13.0 Å². The van der Waals surface area contributed by atoms with Crippen LogP contribution < -0.4 is 0 Å². The van der Waals surface area contributed by atoms with Gasteiger partial charge >= 0.3 is 0 Å². The highest BCUT2D eigenvalue weighted by Crippen LogP contribution is 2.35. The molecule has 112 valence electrons. The Morgan fingerprint density at radius 1 is 0.952 bits per heavy atom. The third-order valence-corrected chi connectivity index (χ3v) is 5.08. The van der Waals surface area contributed by atoms with Crippen molar-refractivity contribution >= 4 is 33.3 Å². The minimum atomic E-state index is -4.36. The average molecular weight is 345 g/mol. The first-order chi connectivity index (χ1) is 9.62. The van der Waals surface area contributed by atoms with Gasteiger partial charge in [-0.3, -0.25) is 4.55 Å². The molecule has 0 aromatic heterocycles. The second-order valence-electron chi connectivity index (χ2n) is 5.25. The number of rotatable bonds is 3. The van der Waals surface area contributed by atoms with Gasteiger partial charge in [-0.05, 0) is 35.4 Å². The lowest BCUT2D eigenvalue weighted by Crippen LogP contribution is -2.19. The summed E-state index contributed by atoms with van der Waals surface area (Å²) in [4.78, 5) is -0.288. The van der Waals surface area contributed by atoms with E-state index in [4.69, 9.17) is 23.2 Å². The molecule has 0 radical (unpaired) electrons. The molecule has 1 N–H and O–H groups in total. The van der Waals surface area contributed by atoms with E-state index >= 15 is 0 Å². The molecule has 0 unspecified atom stereocenters. The summed E-state index contributed by atoms with van der Waals surface area (Å²) in [5.74, 6) is 0. The van der Waals surface area contributed by atoms with Crippen LogP contribution in [0.25, 0.3) is 0 Å². The van der Waals surface area contributed by atoms with E-state index in [0.717, 1.165) is 11.1 Å². The number of halogens is 2. The number of hydrogen-bond donors (Lipinski definition) is 1. The second kappa shape index (κ2) is 5.61. The van der Waals surface area contributed by atoms with Crippen molar-refractivity contribution in [3.8, 4) is 0 Å². The second-order valence-corrected chi connectivity index (χ2v) is 7.49. The number of hydrogen-bond acceptors (Lipinski definition) is 2. The molecule has 6 heteroatoms. The van der Waals surface area contributed by atoms with Crippen LogP contribution in [-0.2, 0) is 15.5 Å². The fourth-order valence-corrected chi connectivity index (χ4v) is 3.25. The highest BCUT2D eigenvalue weighted by atomic mass is 35.5. The molecule has 0 aliphatic rings. The zero-order chi connectivity index (χ0) is 15.8. The molecule has 2 aromatic carbocycles. The van der Waals surface area contributed by atoms with E-state index in [0.29, 0.717) is 5.02 Å². The third kappa shape index (κ3) is 3.40. The van der Waals surface area contributed by atoms with E-state index in [1.165, 1.54) is 12.1 Å². The van der Waals surface area contributed by atoms with Crippen molar-refractivity contribution in [1.29, 1.82) is 0 Å². The largest absolute Gasteiger partial charge is 0.296 e. The summed E-state index contributed by atoms with van der Waals surface area (Å²) < 4.78 is 32.0. The van der Waals surface area contributed by atoms with Crippen molar-refractivity contribution in [3.63, 3.8) is 0 Å². The first kappa shape index (κ1) is 16.3. The molecule has 0 heterocycles. The lowest BCUT2D eigenvalue weighted by Gasteiger charge is -2.26. The van der Waals surface area contributed by atoms with Crippen molar-refractivity contribution in [3.05, 3.63) is 63.6 Å². The first-order valence-corrected chi connectivity index (χ1v) is 8.35. The summed E-state index contributed by atoms with van der Waals surface area (Å²) in [5, 5.41) is 0.623. The summed E-state index contributed by atoms with van der Waals surface area (Å²) in [5.41, 5.74) is 1.23. The van der Waals surface area contributed by atoms with Gasteiger partial charge in [0, 0.05) is 10.4 Å². The molecule has 0 aliphatic heterocycles. The highest BCUT2D eigenvalue weighted by Gasteiger charge is 2.26. The van der Waals surface area contributed by atoms with E-state index < -0.39 is 15.5 Å². The van der Waals surface area contributed by atoms with Gasteiger partial charge in [0.25, 0.3) is 10.1 Å². The lowest BCUT2D eigenvalue weighted by molar-refractivity contribution is 0.483. The molecule has 2 aromatic rings. The zero-order valence-corrected chi connectivity index (χ0v) is 13.8. The van der Waals surface area contributed by atoms with Crippen LogP contribution in [0, 0.1) is 0 Å². The minimum Gasteiger partial charge on any atom is -0.282 e. The Hall–Kier alpha value is -1.07. The van der Waals surface area contributed by atoms with Crippen LogP contribution in [0.15, 0.2) is 47.4 Å². The predicted molar refractivity (Wildman–Crippen MR) is 84.8 cm³/mol.